The fraction of sp³-hybridized carbons (Fsp3) is 0.333. The van der Waals surface area contributed by atoms with Gasteiger partial charge in [0.25, 0.3) is 0 Å². The molecular formula is C15H18O. The first-order valence-corrected chi connectivity index (χ1v) is 5.47. The molecule has 0 bridgehead atoms. The minimum absolute atomic E-state index is 0.0751. The molecule has 1 heteroatoms. The summed E-state index contributed by atoms with van der Waals surface area (Å²) in [5.74, 6) is 3.05. The van der Waals surface area contributed by atoms with E-state index in [2.05, 4.69) is 44.0 Å². The van der Waals surface area contributed by atoms with Gasteiger partial charge in [-0.05, 0) is 29.5 Å². The van der Waals surface area contributed by atoms with E-state index < -0.39 is 0 Å². The van der Waals surface area contributed by atoms with Gasteiger partial charge in [-0.15, -0.1) is 6.42 Å². The van der Waals surface area contributed by atoms with Gasteiger partial charge in [0, 0.05) is 5.57 Å². The maximum Gasteiger partial charge on any atom is 0.0763 e. The van der Waals surface area contributed by atoms with Gasteiger partial charge in [-0.25, -0.2) is 0 Å². The first-order valence-electron chi connectivity index (χ1n) is 5.47. The zero-order valence-corrected chi connectivity index (χ0v) is 10.1. The van der Waals surface area contributed by atoms with E-state index in [1.54, 1.807) is 0 Å². The van der Waals surface area contributed by atoms with Crippen LogP contribution in [-0.2, 0) is 0 Å². The minimum atomic E-state index is -0.0751. The molecule has 0 saturated heterocycles. The van der Waals surface area contributed by atoms with Gasteiger partial charge in [0.2, 0.25) is 0 Å². The first kappa shape index (κ1) is 12.5. The van der Waals surface area contributed by atoms with Gasteiger partial charge >= 0.3 is 0 Å². The molecular weight excluding hydrogens is 196 g/mol. The lowest BCUT2D eigenvalue weighted by molar-refractivity contribution is 0.336. The van der Waals surface area contributed by atoms with Gasteiger partial charge in [-0.1, -0.05) is 44.0 Å². The standard InChI is InChI=1S/C15H18O/c1-5-13(10-16)12(4)15-8-6-14(7-9-15)11(2)3/h1,6-9,11,16H,10H2,2-4H3. The van der Waals surface area contributed by atoms with Crippen LogP contribution in [0.1, 0.15) is 37.8 Å². The van der Waals surface area contributed by atoms with Crippen molar-refractivity contribution in [1.29, 1.82) is 0 Å². The third kappa shape index (κ3) is 2.74. The molecule has 0 aliphatic rings. The van der Waals surface area contributed by atoms with E-state index in [9.17, 15) is 0 Å². The Morgan fingerprint density at radius 1 is 1.31 bits per heavy atom. The van der Waals surface area contributed by atoms with E-state index in [4.69, 9.17) is 11.5 Å². The van der Waals surface area contributed by atoms with Crippen LogP contribution in [0.2, 0.25) is 0 Å². The quantitative estimate of drug-likeness (QED) is 0.766. The Morgan fingerprint density at radius 3 is 2.25 bits per heavy atom. The SMILES string of the molecule is C#CC(CO)=C(C)c1ccc(C(C)C)cc1. The fourth-order valence-corrected chi connectivity index (χ4v) is 1.56. The smallest absolute Gasteiger partial charge is 0.0763 e. The monoisotopic (exact) mass is 214 g/mol. The molecule has 0 amide bonds. The number of hydrogen-bond donors (Lipinski definition) is 1. The van der Waals surface area contributed by atoms with E-state index in [0.717, 1.165) is 11.1 Å². The summed E-state index contributed by atoms with van der Waals surface area (Å²) in [5.41, 5.74) is 4.01. The van der Waals surface area contributed by atoms with Crippen molar-refractivity contribution in [3.05, 3.63) is 41.0 Å². The number of terminal acetylenes is 1. The molecule has 1 rings (SSSR count). The van der Waals surface area contributed by atoms with E-state index in [0.29, 0.717) is 11.5 Å². The highest BCUT2D eigenvalue weighted by Crippen LogP contribution is 2.21. The molecule has 0 spiro atoms. The largest absolute Gasteiger partial charge is 0.391 e. The zero-order valence-electron chi connectivity index (χ0n) is 10.1. The second-order valence-corrected chi connectivity index (χ2v) is 4.18. The summed E-state index contributed by atoms with van der Waals surface area (Å²) < 4.78 is 0. The van der Waals surface area contributed by atoms with Crippen LogP contribution in [0.25, 0.3) is 5.57 Å². The highest BCUT2D eigenvalue weighted by atomic mass is 16.3. The molecule has 1 nitrogen and oxygen atoms in total. The summed E-state index contributed by atoms with van der Waals surface area (Å²) >= 11 is 0. The fourth-order valence-electron chi connectivity index (χ4n) is 1.56. The van der Waals surface area contributed by atoms with Crippen LogP contribution in [0.3, 0.4) is 0 Å². The predicted octanol–water partition coefficient (Wildman–Crippen LogP) is 3.21. The Kier molecular flexibility index (Phi) is 4.34. The second kappa shape index (κ2) is 5.53. The van der Waals surface area contributed by atoms with Crippen LogP contribution >= 0.6 is 0 Å². The molecule has 0 atom stereocenters. The molecule has 0 aliphatic carbocycles. The zero-order chi connectivity index (χ0) is 12.1. The first-order chi connectivity index (χ1) is 7.60. The molecule has 16 heavy (non-hydrogen) atoms. The summed E-state index contributed by atoms with van der Waals surface area (Å²) in [6.45, 7) is 6.20. The average molecular weight is 214 g/mol. The topological polar surface area (TPSA) is 20.2 Å². The minimum Gasteiger partial charge on any atom is -0.391 e. The number of hydrogen-bond acceptors (Lipinski definition) is 1. The number of aliphatic hydroxyl groups is 1. The maximum absolute atomic E-state index is 9.10. The Labute approximate surface area is 97.8 Å². The van der Waals surface area contributed by atoms with Crippen LogP contribution < -0.4 is 0 Å². The van der Waals surface area contributed by atoms with Gasteiger partial charge in [-0.3, -0.25) is 0 Å². The molecule has 0 fully saturated rings. The Balaban J connectivity index is 3.08. The van der Waals surface area contributed by atoms with Crippen molar-refractivity contribution in [2.75, 3.05) is 6.61 Å². The summed E-state index contributed by atoms with van der Waals surface area (Å²) in [4.78, 5) is 0. The Morgan fingerprint density at radius 2 is 1.88 bits per heavy atom. The van der Waals surface area contributed by atoms with Crippen LogP contribution in [0, 0.1) is 12.3 Å². The summed E-state index contributed by atoms with van der Waals surface area (Å²) in [6.07, 6.45) is 5.33. The lowest BCUT2D eigenvalue weighted by Gasteiger charge is -2.08. The van der Waals surface area contributed by atoms with Crippen molar-refractivity contribution in [2.24, 2.45) is 0 Å². The third-order valence-corrected chi connectivity index (χ3v) is 2.80. The molecule has 0 aliphatic heterocycles. The van der Waals surface area contributed by atoms with Crippen molar-refractivity contribution >= 4 is 5.57 Å². The molecule has 1 N–H and O–H groups in total. The van der Waals surface area contributed by atoms with E-state index in [1.807, 2.05) is 6.92 Å². The van der Waals surface area contributed by atoms with Gasteiger partial charge in [0.1, 0.15) is 0 Å². The maximum atomic E-state index is 9.10. The molecule has 84 valence electrons. The Hall–Kier alpha value is -1.52. The van der Waals surface area contributed by atoms with Crippen LogP contribution in [0.4, 0.5) is 0 Å². The molecule has 0 heterocycles. The number of rotatable bonds is 3. The molecule has 1 aromatic rings. The highest BCUT2D eigenvalue weighted by molar-refractivity contribution is 5.70. The normalized spacial score (nSPS) is 12.2. The molecule has 0 radical (unpaired) electrons. The number of allylic oxidation sites excluding steroid dienone is 1. The van der Waals surface area contributed by atoms with Gasteiger partial charge < -0.3 is 5.11 Å². The number of aliphatic hydroxyl groups excluding tert-OH is 1. The molecule has 1 aromatic carbocycles. The lowest BCUT2D eigenvalue weighted by Crippen LogP contribution is -1.93. The van der Waals surface area contributed by atoms with Crippen LogP contribution in [0.15, 0.2) is 29.8 Å². The van der Waals surface area contributed by atoms with Gasteiger partial charge in [0.05, 0.1) is 6.61 Å². The van der Waals surface area contributed by atoms with Crippen molar-refractivity contribution in [3.8, 4) is 12.3 Å². The third-order valence-electron chi connectivity index (χ3n) is 2.80. The lowest BCUT2D eigenvalue weighted by atomic mass is 9.97. The van der Waals surface area contributed by atoms with Crippen molar-refractivity contribution < 1.29 is 5.11 Å². The van der Waals surface area contributed by atoms with Crippen LogP contribution in [-0.4, -0.2) is 11.7 Å². The predicted molar refractivity (Wildman–Crippen MR) is 69.0 cm³/mol. The molecule has 0 aromatic heterocycles. The Bertz CT molecular complexity index is 416. The van der Waals surface area contributed by atoms with Gasteiger partial charge in [0.15, 0.2) is 0 Å². The van der Waals surface area contributed by atoms with E-state index in [1.165, 1.54) is 5.56 Å². The van der Waals surface area contributed by atoms with E-state index >= 15 is 0 Å². The van der Waals surface area contributed by atoms with Crippen molar-refractivity contribution in [2.45, 2.75) is 26.7 Å². The van der Waals surface area contributed by atoms with Crippen LogP contribution in [0.5, 0.6) is 0 Å². The summed E-state index contributed by atoms with van der Waals surface area (Å²) in [7, 11) is 0. The highest BCUT2D eigenvalue weighted by Gasteiger charge is 2.03. The average Bonchev–Trinajstić information content (AvgIpc) is 2.30. The summed E-state index contributed by atoms with van der Waals surface area (Å²) in [5, 5.41) is 9.10. The number of benzene rings is 1. The molecule has 0 unspecified atom stereocenters. The second-order valence-electron chi connectivity index (χ2n) is 4.18. The van der Waals surface area contributed by atoms with E-state index in [-0.39, 0.29) is 6.61 Å². The van der Waals surface area contributed by atoms with Crippen molar-refractivity contribution in [3.63, 3.8) is 0 Å². The van der Waals surface area contributed by atoms with Gasteiger partial charge in [-0.2, -0.15) is 0 Å². The summed E-state index contributed by atoms with van der Waals surface area (Å²) in [6, 6.07) is 8.32. The molecule has 0 saturated carbocycles. The van der Waals surface area contributed by atoms with Crippen molar-refractivity contribution in [1.82, 2.24) is 0 Å².